The van der Waals surface area contributed by atoms with Gasteiger partial charge in [0.2, 0.25) is 0 Å². The molecule has 1 N–H and O–H groups in total. The van der Waals surface area contributed by atoms with Crippen molar-refractivity contribution in [2.75, 3.05) is 13.1 Å². The van der Waals surface area contributed by atoms with Crippen molar-refractivity contribution in [3.63, 3.8) is 0 Å². The number of hydrogen-bond donors (Lipinski definition) is 1. The van der Waals surface area contributed by atoms with Crippen LogP contribution in [0.2, 0.25) is 0 Å². The quantitative estimate of drug-likeness (QED) is 0.899. The van der Waals surface area contributed by atoms with Gasteiger partial charge >= 0.3 is 0 Å². The van der Waals surface area contributed by atoms with Gasteiger partial charge in [-0.2, -0.15) is 0 Å². The summed E-state index contributed by atoms with van der Waals surface area (Å²) >= 11 is 0. The summed E-state index contributed by atoms with van der Waals surface area (Å²) in [6.07, 6.45) is 1.76. The van der Waals surface area contributed by atoms with Crippen LogP contribution in [-0.2, 0) is 6.54 Å². The fourth-order valence-corrected chi connectivity index (χ4v) is 2.94. The summed E-state index contributed by atoms with van der Waals surface area (Å²) < 4.78 is 26.6. The third kappa shape index (κ3) is 2.63. The third-order valence-corrected chi connectivity index (χ3v) is 3.94. The first-order chi connectivity index (χ1) is 9.24. The summed E-state index contributed by atoms with van der Waals surface area (Å²) in [5.41, 5.74) is 2.24. The molecule has 0 saturated carbocycles. The van der Waals surface area contributed by atoms with E-state index in [1.165, 1.54) is 5.56 Å². The summed E-state index contributed by atoms with van der Waals surface area (Å²) in [5.74, 6) is 0.601. The van der Waals surface area contributed by atoms with Crippen LogP contribution in [0.1, 0.15) is 24.3 Å². The molecule has 1 aromatic carbocycles. The van der Waals surface area contributed by atoms with Gasteiger partial charge in [0.25, 0.3) is 6.43 Å². The molecular formula is C15H18F2N2. The van der Waals surface area contributed by atoms with E-state index >= 15 is 0 Å². The molecule has 3 rings (SSSR count). The second-order valence-corrected chi connectivity index (χ2v) is 5.20. The number of alkyl halides is 2. The molecular weight excluding hydrogens is 246 g/mol. The van der Waals surface area contributed by atoms with Crippen LogP contribution in [-0.4, -0.2) is 24.1 Å². The number of rotatable bonds is 3. The van der Waals surface area contributed by atoms with E-state index in [1.54, 1.807) is 10.8 Å². The molecule has 1 fully saturated rings. The molecule has 19 heavy (non-hydrogen) atoms. The molecule has 1 aliphatic heterocycles. The lowest BCUT2D eigenvalue weighted by Gasteiger charge is -2.23. The second kappa shape index (κ2) is 5.29. The first-order valence-electron chi connectivity index (χ1n) is 6.82. The van der Waals surface area contributed by atoms with Gasteiger partial charge in [0.15, 0.2) is 0 Å². The molecule has 2 aromatic rings. The maximum Gasteiger partial charge on any atom is 0.256 e. The highest BCUT2D eigenvalue weighted by molar-refractivity contribution is 5.81. The van der Waals surface area contributed by atoms with E-state index in [0.717, 1.165) is 36.8 Å². The van der Waals surface area contributed by atoms with E-state index in [1.807, 2.05) is 12.1 Å². The van der Waals surface area contributed by atoms with E-state index < -0.39 is 6.43 Å². The Kier molecular flexibility index (Phi) is 3.51. The fourth-order valence-electron chi connectivity index (χ4n) is 2.94. The van der Waals surface area contributed by atoms with Crippen molar-refractivity contribution in [3.8, 4) is 0 Å². The predicted molar refractivity (Wildman–Crippen MR) is 72.8 cm³/mol. The van der Waals surface area contributed by atoms with Crippen molar-refractivity contribution in [2.45, 2.75) is 31.7 Å². The third-order valence-electron chi connectivity index (χ3n) is 3.94. The molecule has 1 aliphatic rings. The zero-order chi connectivity index (χ0) is 13.2. The number of benzene rings is 1. The number of nitrogens with zero attached hydrogens (tertiary/aromatic N) is 1. The van der Waals surface area contributed by atoms with Crippen molar-refractivity contribution in [2.24, 2.45) is 0 Å². The lowest BCUT2D eigenvalue weighted by molar-refractivity contribution is 0.128. The van der Waals surface area contributed by atoms with Crippen molar-refractivity contribution in [3.05, 3.63) is 36.0 Å². The summed E-state index contributed by atoms with van der Waals surface area (Å²) in [5, 5.41) is 4.43. The zero-order valence-electron chi connectivity index (χ0n) is 10.8. The van der Waals surface area contributed by atoms with Crippen molar-refractivity contribution in [1.82, 2.24) is 9.88 Å². The number of nitrogens with one attached hydrogen (secondary N) is 1. The summed E-state index contributed by atoms with van der Waals surface area (Å²) in [7, 11) is 0. The van der Waals surface area contributed by atoms with Crippen LogP contribution in [0.5, 0.6) is 0 Å². The molecule has 102 valence electrons. The minimum Gasteiger partial charge on any atom is -0.342 e. The minimum atomic E-state index is -2.31. The first-order valence-corrected chi connectivity index (χ1v) is 6.82. The highest BCUT2D eigenvalue weighted by Gasteiger charge is 2.16. The predicted octanol–water partition coefficient (Wildman–Crippen LogP) is 3.37. The van der Waals surface area contributed by atoms with Crippen LogP contribution in [0.15, 0.2) is 30.5 Å². The monoisotopic (exact) mass is 264 g/mol. The molecule has 0 radical (unpaired) electrons. The van der Waals surface area contributed by atoms with E-state index in [0.29, 0.717) is 5.92 Å². The molecule has 1 aromatic heterocycles. The fraction of sp³-hybridized carbons (Fsp3) is 0.467. The first kappa shape index (κ1) is 12.6. The van der Waals surface area contributed by atoms with Gasteiger partial charge < -0.3 is 9.88 Å². The van der Waals surface area contributed by atoms with Gasteiger partial charge in [-0.15, -0.1) is 0 Å². The van der Waals surface area contributed by atoms with Crippen molar-refractivity contribution < 1.29 is 8.78 Å². The Balaban J connectivity index is 1.89. The van der Waals surface area contributed by atoms with Crippen LogP contribution in [0.25, 0.3) is 10.9 Å². The number of piperidine rings is 1. The number of fused-ring (bicyclic) bond motifs is 1. The Morgan fingerprint density at radius 3 is 2.74 bits per heavy atom. The van der Waals surface area contributed by atoms with Gasteiger partial charge in [-0.3, -0.25) is 0 Å². The number of hydrogen-bond acceptors (Lipinski definition) is 1. The molecule has 0 amide bonds. The Labute approximate surface area is 111 Å². The summed E-state index contributed by atoms with van der Waals surface area (Å²) in [6.45, 7) is 1.90. The highest BCUT2D eigenvalue weighted by Crippen LogP contribution is 2.28. The SMILES string of the molecule is FC(F)Cn1ccc2cc(C3CCNCC3)ccc21. The second-order valence-electron chi connectivity index (χ2n) is 5.20. The molecule has 0 atom stereocenters. The van der Waals surface area contributed by atoms with Gasteiger partial charge in [0.1, 0.15) is 0 Å². The van der Waals surface area contributed by atoms with Crippen LogP contribution in [0.4, 0.5) is 8.78 Å². The maximum absolute atomic E-state index is 12.5. The Bertz CT molecular complexity index is 556. The van der Waals surface area contributed by atoms with Gasteiger partial charge in [-0.1, -0.05) is 6.07 Å². The minimum absolute atomic E-state index is 0.226. The van der Waals surface area contributed by atoms with E-state index in [-0.39, 0.29) is 6.54 Å². The Hall–Kier alpha value is -1.42. The Morgan fingerprint density at radius 1 is 1.21 bits per heavy atom. The average Bonchev–Trinajstić information content (AvgIpc) is 2.81. The van der Waals surface area contributed by atoms with Crippen molar-refractivity contribution >= 4 is 10.9 Å². The number of halogens is 2. The molecule has 0 aliphatic carbocycles. The Morgan fingerprint density at radius 2 is 2.00 bits per heavy atom. The molecule has 1 saturated heterocycles. The van der Waals surface area contributed by atoms with Gasteiger partial charge in [0.05, 0.1) is 6.54 Å². The molecule has 0 spiro atoms. The molecule has 0 bridgehead atoms. The van der Waals surface area contributed by atoms with Gasteiger partial charge in [0, 0.05) is 11.7 Å². The van der Waals surface area contributed by atoms with Crippen LogP contribution < -0.4 is 5.32 Å². The molecule has 0 unspecified atom stereocenters. The average molecular weight is 264 g/mol. The van der Waals surface area contributed by atoms with Crippen LogP contribution >= 0.6 is 0 Å². The summed E-state index contributed by atoms with van der Waals surface area (Å²) in [4.78, 5) is 0. The van der Waals surface area contributed by atoms with Crippen LogP contribution in [0.3, 0.4) is 0 Å². The van der Waals surface area contributed by atoms with Crippen molar-refractivity contribution in [1.29, 1.82) is 0 Å². The largest absolute Gasteiger partial charge is 0.342 e. The van der Waals surface area contributed by atoms with Gasteiger partial charge in [-0.25, -0.2) is 8.78 Å². The lowest BCUT2D eigenvalue weighted by atomic mass is 9.90. The smallest absolute Gasteiger partial charge is 0.256 e. The number of aromatic nitrogens is 1. The molecule has 4 heteroatoms. The highest BCUT2D eigenvalue weighted by atomic mass is 19.3. The zero-order valence-corrected chi connectivity index (χ0v) is 10.8. The molecule has 2 heterocycles. The lowest BCUT2D eigenvalue weighted by Crippen LogP contribution is -2.26. The van der Waals surface area contributed by atoms with Crippen LogP contribution in [0, 0.1) is 0 Å². The normalized spacial score (nSPS) is 17.4. The van der Waals surface area contributed by atoms with Gasteiger partial charge in [-0.05, 0) is 61.0 Å². The van der Waals surface area contributed by atoms with E-state index in [9.17, 15) is 8.78 Å². The maximum atomic E-state index is 12.5. The van der Waals surface area contributed by atoms with E-state index in [4.69, 9.17) is 0 Å². The molecule has 2 nitrogen and oxygen atoms in total. The topological polar surface area (TPSA) is 17.0 Å². The standard InChI is InChI=1S/C15H18F2N2/c16-15(17)10-19-8-5-13-9-12(1-2-14(13)19)11-3-6-18-7-4-11/h1-2,5,8-9,11,15,18H,3-4,6-7,10H2. The van der Waals surface area contributed by atoms with E-state index in [2.05, 4.69) is 17.4 Å². The summed E-state index contributed by atoms with van der Waals surface area (Å²) in [6, 6.07) is 8.17.